The molecular formula is C20H28N2O4S. The molecule has 1 unspecified atom stereocenters. The lowest BCUT2D eigenvalue weighted by molar-refractivity contribution is -0.146. The lowest BCUT2D eigenvalue weighted by Gasteiger charge is -2.26. The second kappa shape index (κ2) is 7.92. The Balaban J connectivity index is 2.07. The van der Waals surface area contributed by atoms with Gasteiger partial charge in [-0.3, -0.25) is 14.4 Å². The number of aliphatic carboxylic acids is 1. The van der Waals surface area contributed by atoms with Gasteiger partial charge in [0.25, 0.3) is 5.91 Å². The van der Waals surface area contributed by atoms with E-state index in [1.807, 2.05) is 12.1 Å². The van der Waals surface area contributed by atoms with Gasteiger partial charge in [0.05, 0.1) is 11.3 Å². The first-order chi connectivity index (χ1) is 12.4. The number of amides is 2. The largest absolute Gasteiger partial charge is 0.481 e. The van der Waals surface area contributed by atoms with Crippen molar-refractivity contribution in [1.29, 1.82) is 0 Å². The minimum absolute atomic E-state index is 0.00440. The number of hydrogen-bond acceptors (Lipinski definition) is 4. The fourth-order valence-electron chi connectivity index (χ4n) is 2.64. The van der Waals surface area contributed by atoms with Gasteiger partial charge >= 0.3 is 5.97 Å². The summed E-state index contributed by atoms with van der Waals surface area (Å²) in [5.41, 5.74) is 0.637. The van der Waals surface area contributed by atoms with Crippen LogP contribution in [0.15, 0.2) is 24.3 Å². The lowest BCUT2D eigenvalue weighted by atomic mass is 9.86. The maximum Gasteiger partial charge on any atom is 0.310 e. The van der Waals surface area contributed by atoms with Gasteiger partial charge in [0.15, 0.2) is 0 Å². The van der Waals surface area contributed by atoms with E-state index >= 15 is 0 Å². The average molecular weight is 393 g/mol. The van der Waals surface area contributed by atoms with Crippen LogP contribution in [0.1, 0.15) is 50.5 Å². The van der Waals surface area contributed by atoms with Gasteiger partial charge in [-0.05, 0) is 37.0 Å². The number of hydrogen-bond donors (Lipinski definition) is 2. The molecule has 1 saturated heterocycles. The van der Waals surface area contributed by atoms with Gasteiger partial charge in [-0.15, -0.1) is 11.8 Å². The molecule has 0 saturated carbocycles. The van der Waals surface area contributed by atoms with Crippen molar-refractivity contribution >= 4 is 29.5 Å². The summed E-state index contributed by atoms with van der Waals surface area (Å²) in [7, 11) is 0. The zero-order valence-corrected chi connectivity index (χ0v) is 17.4. The number of carboxylic acid groups (broad SMARTS) is 1. The number of carbonyl (C=O) groups is 3. The van der Waals surface area contributed by atoms with Crippen molar-refractivity contribution in [3.63, 3.8) is 0 Å². The van der Waals surface area contributed by atoms with E-state index in [9.17, 15) is 14.4 Å². The van der Waals surface area contributed by atoms with E-state index in [2.05, 4.69) is 26.1 Å². The summed E-state index contributed by atoms with van der Waals surface area (Å²) in [5.74, 6) is -0.520. The van der Waals surface area contributed by atoms with Gasteiger partial charge in [0.2, 0.25) is 5.91 Å². The zero-order chi connectivity index (χ0) is 20.4. The van der Waals surface area contributed by atoms with E-state index in [0.717, 1.165) is 5.56 Å². The third-order valence-electron chi connectivity index (χ3n) is 4.73. The van der Waals surface area contributed by atoms with Crippen molar-refractivity contribution in [2.75, 3.05) is 18.2 Å². The Morgan fingerprint density at radius 3 is 2.26 bits per heavy atom. The predicted octanol–water partition coefficient (Wildman–Crippen LogP) is 2.73. The number of carboxylic acids is 1. The zero-order valence-electron chi connectivity index (χ0n) is 16.5. The van der Waals surface area contributed by atoms with E-state index < -0.39 is 17.4 Å². The predicted molar refractivity (Wildman–Crippen MR) is 107 cm³/mol. The third kappa shape index (κ3) is 5.03. The quantitative estimate of drug-likeness (QED) is 0.805. The van der Waals surface area contributed by atoms with Crippen LogP contribution in [0.25, 0.3) is 0 Å². The molecule has 1 atom stereocenters. The maximum absolute atomic E-state index is 12.9. The first-order valence-corrected chi connectivity index (χ1v) is 10.1. The minimum Gasteiger partial charge on any atom is -0.481 e. The summed E-state index contributed by atoms with van der Waals surface area (Å²) in [6.07, 6.45) is 0. The van der Waals surface area contributed by atoms with Crippen LogP contribution in [0.5, 0.6) is 0 Å². The molecule has 2 rings (SSSR count). The molecule has 27 heavy (non-hydrogen) atoms. The molecule has 1 heterocycles. The number of rotatable bonds is 5. The van der Waals surface area contributed by atoms with Crippen molar-refractivity contribution in [1.82, 2.24) is 10.2 Å². The first-order valence-electron chi connectivity index (χ1n) is 8.94. The lowest BCUT2D eigenvalue weighted by Crippen LogP contribution is -2.50. The molecule has 0 spiro atoms. The Labute approximate surface area is 164 Å². The smallest absolute Gasteiger partial charge is 0.310 e. The molecule has 1 aromatic rings. The van der Waals surface area contributed by atoms with Crippen LogP contribution >= 0.6 is 11.8 Å². The average Bonchev–Trinajstić information content (AvgIpc) is 3.08. The van der Waals surface area contributed by atoms with E-state index in [0.29, 0.717) is 17.2 Å². The van der Waals surface area contributed by atoms with E-state index in [1.54, 1.807) is 30.9 Å². The second-order valence-corrected chi connectivity index (χ2v) is 9.52. The molecule has 1 fully saturated rings. The molecule has 0 aliphatic carbocycles. The number of carbonyl (C=O) groups excluding carboxylic acids is 2. The number of nitrogens with zero attached hydrogens (tertiary/aromatic N) is 1. The van der Waals surface area contributed by atoms with Gasteiger partial charge in [0.1, 0.15) is 6.04 Å². The number of thioether (sulfide) groups is 1. The van der Waals surface area contributed by atoms with Crippen molar-refractivity contribution in [2.45, 2.75) is 46.1 Å². The highest BCUT2D eigenvalue weighted by atomic mass is 32.2. The van der Waals surface area contributed by atoms with Gasteiger partial charge < -0.3 is 15.3 Å². The topological polar surface area (TPSA) is 86.7 Å². The molecular weight excluding hydrogens is 364 g/mol. The molecule has 148 valence electrons. The Morgan fingerprint density at radius 2 is 1.74 bits per heavy atom. The summed E-state index contributed by atoms with van der Waals surface area (Å²) in [6.45, 7) is 9.46. The highest BCUT2D eigenvalue weighted by Gasteiger charge is 2.36. The van der Waals surface area contributed by atoms with Gasteiger partial charge in [-0.1, -0.05) is 32.9 Å². The molecule has 1 aliphatic heterocycles. The van der Waals surface area contributed by atoms with Gasteiger partial charge in [-0.2, -0.15) is 0 Å². The first kappa shape index (κ1) is 21.3. The van der Waals surface area contributed by atoms with Crippen molar-refractivity contribution in [3.8, 4) is 0 Å². The van der Waals surface area contributed by atoms with Crippen LogP contribution in [0.3, 0.4) is 0 Å². The second-order valence-electron chi connectivity index (χ2n) is 8.52. The SMILES string of the molecule is CC(C)(CNC(=O)C1CSCN1C(=O)c1ccc(C(C)(C)C)cc1)C(=O)O. The minimum atomic E-state index is -1.06. The summed E-state index contributed by atoms with van der Waals surface area (Å²) >= 11 is 1.52. The molecule has 0 bridgehead atoms. The molecule has 1 aliphatic rings. The van der Waals surface area contributed by atoms with Crippen molar-refractivity contribution in [2.24, 2.45) is 5.41 Å². The van der Waals surface area contributed by atoms with Crippen LogP contribution in [-0.4, -0.2) is 52.0 Å². The summed E-state index contributed by atoms with van der Waals surface area (Å²) < 4.78 is 0. The van der Waals surface area contributed by atoms with E-state index in [1.165, 1.54) is 11.8 Å². The maximum atomic E-state index is 12.9. The van der Waals surface area contributed by atoms with Gasteiger partial charge in [-0.25, -0.2) is 0 Å². The number of nitrogens with one attached hydrogen (secondary N) is 1. The normalized spacial score (nSPS) is 17.7. The van der Waals surface area contributed by atoms with Crippen LogP contribution in [0, 0.1) is 5.41 Å². The molecule has 0 radical (unpaired) electrons. The summed E-state index contributed by atoms with van der Waals surface area (Å²) in [6, 6.07) is 6.90. The van der Waals surface area contributed by atoms with Crippen molar-refractivity contribution < 1.29 is 19.5 Å². The van der Waals surface area contributed by atoms with Crippen LogP contribution < -0.4 is 5.32 Å². The molecule has 0 aromatic heterocycles. The van der Waals surface area contributed by atoms with Gasteiger partial charge in [0, 0.05) is 17.9 Å². The highest BCUT2D eigenvalue weighted by molar-refractivity contribution is 7.99. The standard InChI is InChI=1S/C20H28N2O4S/c1-19(2,3)14-8-6-13(7-9-14)17(24)22-12-27-10-15(22)16(23)21-11-20(4,5)18(25)26/h6-9,15H,10-12H2,1-5H3,(H,21,23)(H,25,26). The molecule has 7 heteroatoms. The Hall–Kier alpha value is -2.02. The van der Waals surface area contributed by atoms with Crippen LogP contribution in [-0.2, 0) is 15.0 Å². The molecule has 1 aromatic carbocycles. The molecule has 2 N–H and O–H groups in total. The Morgan fingerprint density at radius 1 is 1.15 bits per heavy atom. The Bertz CT molecular complexity index is 722. The van der Waals surface area contributed by atoms with E-state index in [4.69, 9.17) is 5.11 Å². The molecule has 6 nitrogen and oxygen atoms in total. The summed E-state index contributed by atoms with van der Waals surface area (Å²) in [5, 5.41) is 11.9. The van der Waals surface area contributed by atoms with Crippen molar-refractivity contribution in [3.05, 3.63) is 35.4 Å². The summed E-state index contributed by atoms with van der Waals surface area (Å²) in [4.78, 5) is 38.2. The monoisotopic (exact) mass is 392 g/mol. The third-order valence-corrected chi connectivity index (χ3v) is 5.74. The Kier molecular flexibility index (Phi) is 6.24. The van der Waals surface area contributed by atoms with Crippen LogP contribution in [0.2, 0.25) is 0 Å². The fraction of sp³-hybridized carbons (Fsp3) is 0.550. The van der Waals surface area contributed by atoms with E-state index in [-0.39, 0.29) is 23.8 Å². The fourth-order valence-corrected chi connectivity index (χ4v) is 3.79. The highest BCUT2D eigenvalue weighted by Crippen LogP contribution is 2.26. The molecule has 2 amide bonds. The number of benzene rings is 1. The van der Waals surface area contributed by atoms with Crippen LogP contribution in [0.4, 0.5) is 0 Å².